The molecule has 0 atom stereocenters. The van der Waals surface area contributed by atoms with Gasteiger partial charge >= 0.3 is 0 Å². The SMILES string of the molecule is COc1ccc2c(N3CC(CCNS(N)(=O)=O)C3)nc(-c3cccnc3)nc2c1. The maximum absolute atomic E-state index is 11.0. The summed E-state index contributed by atoms with van der Waals surface area (Å²) in [5.74, 6) is 2.56. The van der Waals surface area contributed by atoms with Gasteiger partial charge in [-0.05, 0) is 36.6 Å². The van der Waals surface area contributed by atoms with E-state index in [0.29, 0.717) is 18.3 Å². The maximum atomic E-state index is 11.0. The third-order valence-electron chi connectivity index (χ3n) is 4.92. The Balaban J connectivity index is 1.60. The number of rotatable bonds is 7. The molecule has 3 heterocycles. The van der Waals surface area contributed by atoms with Crippen molar-refractivity contribution < 1.29 is 13.2 Å². The van der Waals surface area contributed by atoms with Crippen LogP contribution in [0.5, 0.6) is 5.75 Å². The summed E-state index contributed by atoms with van der Waals surface area (Å²) >= 11 is 0. The molecule has 1 saturated heterocycles. The molecule has 0 spiro atoms. The first-order valence-corrected chi connectivity index (χ1v) is 10.8. The third-order valence-corrected chi connectivity index (χ3v) is 5.52. The van der Waals surface area contributed by atoms with Gasteiger partial charge in [0.1, 0.15) is 11.6 Å². The summed E-state index contributed by atoms with van der Waals surface area (Å²) in [5, 5.41) is 5.92. The molecule has 0 amide bonds. The van der Waals surface area contributed by atoms with Crippen LogP contribution >= 0.6 is 0 Å². The van der Waals surface area contributed by atoms with Gasteiger partial charge in [-0.1, -0.05) is 0 Å². The molecule has 3 aromatic rings. The molecule has 2 aromatic heterocycles. The molecule has 1 aliphatic rings. The van der Waals surface area contributed by atoms with Crippen LogP contribution in [0.2, 0.25) is 0 Å². The fourth-order valence-corrected chi connectivity index (χ4v) is 3.82. The summed E-state index contributed by atoms with van der Waals surface area (Å²) in [7, 11) is -2.02. The van der Waals surface area contributed by atoms with Crippen LogP contribution in [0.15, 0.2) is 42.7 Å². The molecule has 3 N–H and O–H groups in total. The number of methoxy groups -OCH3 is 1. The quantitative estimate of drug-likeness (QED) is 0.597. The van der Waals surface area contributed by atoms with Crippen molar-refractivity contribution in [2.45, 2.75) is 6.42 Å². The van der Waals surface area contributed by atoms with E-state index in [1.807, 2.05) is 30.3 Å². The maximum Gasteiger partial charge on any atom is 0.274 e. The summed E-state index contributed by atoms with van der Waals surface area (Å²) < 4.78 is 29.7. The first-order valence-electron chi connectivity index (χ1n) is 9.21. The Morgan fingerprint density at radius 2 is 2.10 bits per heavy atom. The molecule has 1 aliphatic heterocycles. The Bertz CT molecular complexity index is 1120. The third kappa shape index (κ3) is 4.44. The summed E-state index contributed by atoms with van der Waals surface area (Å²) in [5.41, 5.74) is 1.64. The Hall–Kier alpha value is -2.82. The molecule has 0 radical (unpaired) electrons. The zero-order valence-electron chi connectivity index (χ0n) is 15.9. The van der Waals surface area contributed by atoms with Crippen molar-refractivity contribution in [3.63, 3.8) is 0 Å². The number of nitrogens with one attached hydrogen (secondary N) is 1. The van der Waals surface area contributed by atoms with Crippen molar-refractivity contribution in [1.82, 2.24) is 19.7 Å². The number of hydrogen-bond acceptors (Lipinski definition) is 7. The van der Waals surface area contributed by atoms with Crippen LogP contribution in [0.25, 0.3) is 22.3 Å². The van der Waals surface area contributed by atoms with Gasteiger partial charge in [0.05, 0.1) is 12.6 Å². The number of ether oxygens (including phenoxy) is 1. The van der Waals surface area contributed by atoms with Crippen molar-refractivity contribution in [1.29, 1.82) is 0 Å². The summed E-state index contributed by atoms with van der Waals surface area (Å²) in [6.07, 6.45) is 4.17. The molecular formula is C19H22N6O3S. The Morgan fingerprint density at radius 1 is 1.28 bits per heavy atom. The van der Waals surface area contributed by atoms with Gasteiger partial charge in [-0.2, -0.15) is 8.42 Å². The van der Waals surface area contributed by atoms with Crippen molar-refractivity contribution in [2.24, 2.45) is 11.1 Å². The van der Waals surface area contributed by atoms with Crippen LogP contribution in [0.4, 0.5) is 5.82 Å². The predicted molar refractivity (Wildman–Crippen MR) is 111 cm³/mol. The highest BCUT2D eigenvalue weighted by molar-refractivity contribution is 7.87. The smallest absolute Gasteiger partial charge is 0.274 e. The van der Waals surface area contributed by atoms with Crippen LogP contribution < -0.4 is 19.5 Å². The summed E-state index contributed by atoms with van der Waals surface area (Å²) in [4.78, 5) is 15.9. The van der Waals surface area contributed by atoms with Gasteiger partial charge in [-0.25, -0.2) is 19.8 Å². The van der Waals surface area contributed by atoms with E-state index in [1.54, 1.807) is 19.5 Å². The van der Waals surface area contributed by atoms with Crippen molar-refractivity contribution in [2.75, 3.05) is 31.6 Å². The van der Waals surface area contributed by atoms with Gasteiger partial charge in [0.2, 0.25) is 0 Å². The lowest BCUT2D eigenvalue weighted by Gasteiger charge is -2.40. The average molecular weight is 414 g/mol. The topological polar surface area (TPSA) is 123 Å². The molecule has 10 heteroatoms. The second-order valence-corrected chi connectivity index (χ2v) is 8.37. The Morgan fingerprint density at radius 3 is 2.79 bits per heavy atom. The van der Waals surface area contributed by atoms with E-state index in [1.165, 1.54) is 0 Å². The second kappa shape index (κ2) is 7.90. The normalized spacial score (nSPS) is 14.8. The lowest BCUT2D eigenvalue weighted by Crippen LogP contribution is -2.48. The number of aromatic nitrogens is 3. The summed E-state index contributed by atoms with van der Waals surface area (Å²) in [6.45, 7) is 1.91. The highest BCUT2D eigenvalue weighted by Crippen LogP contribution is 2.33. The number of nitrogens with two attached hydrogens (primary N) is 1. The van der Waals surface area contributed by atoms with Gasteiger partial charge in [-0.15, -0.1) is 0 Å². The number of pyridine rings is 1. The lowest BCUT2D eigenvalue weighted by molar-refractivity contribution is 0.382. The predicted octanol–water partition coefficient (Wildman–Crippen LogP) is 1.32. The fraction of sp³-hybridized carbons (Fsp3) is 0.316. The number of benzene rings is 1. The van der Waals surface area contributed by atoms with E-state index in [-0.39, 0.29) is 0 Å². The summed E-state index contributed by atoms with van der Waals surface area (Å²) in [6, 6.07) is 9.54. The van der Waals surface area contributed by atoms with Crippen LogP contribution in [0.3, 0.4) is 0 Å². The van der Waals surface area contributed by atoms with Crippen LogP contribution in [-0.2, 0) is 10.2 Å². The van der Waals surface area contributed by atoms with Crippen LogP contribution in [0.1, 0.15) is 6.42 Å². The highest BCUT2D eigenvalue weighted by Gasteiger charge is 2.29. The number of nitrogens with zero attached hydrogens (tertiary/aromatic N) is 4. The standard InChI is InChI=1S/C19H22N6O3S/c1-28-15-4-5-16-17(9-15)23-18(14-3-2-7-21-10-14)24-19(16)25-11-13(12-25)6-8-22-29(20,26)27/h2-5,7,9-10,13,22H,6,8,11-12H2,1H3,(H2,20,26,27). The van der Waals surface area contributed by atoms with Gasteiger partial charge in [0.25, 0.3) is 10.2 Å². The zero-order valence-corrected chi connectivity index (χ0v) is 16.8. The molecule has 0 unspecified atom stereocenters. The van der Waals surface area contributed by atoms with E-state index >= 15 is 0 Å². The lowest BCUT2D eigenvalue weighted by atomic mass is 9.96. The molecule has 0 aliphatic carbocycles. The monoisotopic (exact) mass is 414 g/mol. The minimum absolute atomic E-state index is 0.333. The van der Waals surface area contributed by atoms with Crippen molar-refractivity contribution in [3.8, 4) is 17.1 Å². The minimum atomic E-state index is -3.64. The number of anilines is 1. The van der Waals surface area contributed by atoms with Gasteiger partial charge < -0.3 is 9.64 Å². The van der Waals surface area contributed by atoms with E-state index in [0.717, 1.165) is 47.5 Å². The number of hydrogen-bond donors (Lipinski definition) is 2. The van der Waals surface area contributed by atoms with Crippen molar-refractivity contribution in [3.05, 3.63) is 42.7 Å². The second-order valence-electron chi connectivity index (χ2n) is 6.99. The molecule has 1 fully saturated rings. The van der Waals surface area contributed by atoms with Gasteiger partial charge in [0, 0.05) is 49.0 Å². The Kier molecular flexibility index (Phi) is 5.31. The number of fused-ring (bicyclic) bond motifs is 1. The molecule has 152 valence electrons. The fourth-order valence-electron chi connectivity index (χ4n) is 3.42. The largest absolute Gasteiger partial charge is 0.497 e. The van der Waals surface area contributed by atoms with Crippen LogP contribution in [-0.4, -0.2) is 50.1 Å². The minimum Gasteiger partial charge on any atom is -0.497 e. The molecule has 9 nitrogen and oxygen atoms in total. The van der Waals surface area contributed by atoms with Gasteiger partial charge in [-0.3, -0.25) is 4.98 Å². The molecule has 4 rings (SSSR count). The van der Waals surface area contributed by atoms with Gasteiger partial charge in [0.15, 0.2) is 5.82 Å². The molecule has 1 aromatic carbocycles. The van der Waals surface area contributed by atoms with E-state index in [4.69, 9.17) is 19.8 Å². The molecule has 0 bridgehead atoms. The van der Waals surface area contributed by atoms with E-state index < -0.39 is 10.2 Å². The molecule has 29 heavy (non-hydrogen) atoms. The molecular weight excluding hydrogens is 392 g/mol. The average Bonchev–Trinajstić information content (AvgIpc) is 2.68. The van der Waals surface area contributed by atoms with E-state index in [2.05, 4.69) is 14.6 Å². The first-order chi connectivity index (χ1) is 13.9. The Labute approximate surface area is 169 Å². The van der Waals surface area contributed by atoms with Crippen LogP contribution in [0, 0.1) is 5.92 Å². The van der Waals surface area contributed by atoms with E-state index in [9.17, 15) is 8.42 Å². The zero-order chi connectivity index (χ0) is 20.4. The first kappa shape index (κ1) is 19.5. The highest BCUT2D eigenvalue weighted by atomic mass is 32.2. The molecule has 0 saturated carbocycles. The van der Waals surface area contributed by atoms with Crippen molar-refractivity contribution >= 4 is 26.9 Å².